The molecule has 4 heteroatoms. The van der Waals surface area contributed by atoms with Gasteiger partial charge in [-0.3, -0.25) is 0 Å². The Balaban J connectivity index is 1.59. The van der Waals surface area contributed by atoms with Crippen molar-refractivity contribution in [2.24, 2.45) is 17.6 Å². The number of urea groups is 1. The number of carbonyl (C=O) groups is 1. The van der Waals surface area contributed by atoms with Crippen LogP contribution in [0.5, 0.6) is 0 Å². The lowest BCUT2D eigenvalue weighted by molar-refractivity contribution is 0.228. The third-order valence-corrected chi connectivity index (χ3v) is 3.99. The topological polar surface area (TPSA) is 67.1 Å². The van der Waals surface area contributed by atoms with E-state index in [1.54, 1.807) is 0 Å². The lowest BCUT2D eigenvalue weighted by Gasteiger charge is -2.25. The number of nitrogens with two attached hydrogens (primary N) is 1. The fourth-order valence-corrected chi connectivity index (χ4v) is 2.59. The first-order chi connectivity index (χ1) is 7.78. The number of rotatable bonds is 4. The smallest absolute Gasteiger partial charge is 0.315 e. The van der Waals surface area contributed by atoms with E-state index in [0.717, 1.165) is 38.3 Å². The van der Waals surface area contributed by atoms with Gasteiger partial charge in [-0.15, -0.1) is 0 Å². The first-order valence-corrected chi connectivity index (χ1v) is 6.52. The number of carbonyl (C=O) groups excluding carboxylic acids is 1. The van der Waals surface area contributed by atoms with Gasteiger partial charge in [-0.1, -0.05) is 6.42 Å². The molecule has 0 heterocycles. The summed E-state index contributed by atoms with van der Waals surface area (Å²) in [5.41, 5.74) is 5.62. The van der Waals surface area contributed by atoms with Crippen LogP contribution in [0.4, 0.5) is 4.79 Å². The Hall–Kier alpha value is -0.770. The van der Waals surface area contributed by atoms with Crippen LogP contribution in [0, 0.1) is 11.8 Å². The summed E-state index contributed by atoms with van der Waals surface area (Å²) in [7, 11) is 0. The third kappa shape index (κ3) is 3.11. The van der Waals surface area contributed by atoms with E-state index in [1.165, 1.54) is 19.3 Å². The molecule has 2 atom stereocenters. The predicted octanol–water partition coefficient (Wildman–Crippen LogP) is 1.21. The Morgan fingerprint density at radius 1 is 1.19 bits per heavy atom. The first kappa shape index (κ1) is 11.7. The van der Waals surface area contributed by atoms with Crippen molar-refractivity contribution in [3.8, 4) is 0 Å². The van der Waals surface area contributed by atoms with Gasteiger partial charge in [0.1, 0.15) is 0 Å². The van der Waals surface area contributed by atoms with Gasteiger partial charge in [-0.05, 0) is 50.5 Å². The van der Waals surface area contributed by atoms with Crippen LogP contribution in [0.2, 0.25) is 0 Å². The number of amides is 2. The highest BCUT2D eigenvalue weighted by Gasteiger charge is 2.25. The molecule has 0 spiro atoms. The average molecular weight is 225 g/mol. The Morgan fingerprint density at radius 3 is 2.56 bits per heavy atom. The van der Waals surface area contributed by atoms with Crippen molar-refractivity contribution in [1.82, 2.24) is 10.6 Å². The second kappa shape index (κ2) is 5.53. The van der Waals surface area contributed by atoms with Gasteiger partial charge in [0.15, 0.2) is 0 Å². The molecule has 2 aliphatic rings. The van der Waals surface area contributed by atoms with Gasteiger partial charge in [-0.2, -0.15) is 0 Å². The number of nitrogens with one attached hydrogen (secondary N) is 2. The molecule has 2 amide bonds. The average Bonchev–Trinajstić information content (AvgIpc) is 2.63. The quantitative estimate of drug-likeness (QED) is 0.673. The molecule has 0 bridgehead atoms. The Kier molecular flexibility index (Phi) is 4.04. The van der Waals surface area contributed by atoms with Crippen molar-refractivity contribution in [2.45, 2.75) is 44.6 Å². The summed E-state index contributed by atoms with van der Waals surface area (Å²) in [5.74, 6) is 1.34. The van der Waals surface area contributed by atoms with Crippen LogP contribution in [0.15, 0.2) is 0 Å². The summed E-state index contributed by atoms with van der Waals surface area (Å²) in [6.07, 6.45) is 7.17. The molecule has 16 heavy (non-hydrogen) atoms. The van der Waals surface area contributed by atoms with Crippen molar-refractivity contribution in [3.05, 3.63) is 0 Å². The molecule has 0 aromatic heterocycles. The summed E-state index contributed by atoms with van der Waals surface area (Å²) in [5, 5.41) is 6.00. The van der Waals surface area contributed by atoms with E-state index in [0.29, 0.717) is 12.0 Å². The monoisotopic (exact) mass is 225 g/mol. The van der Waals surface area contributed by atoms with Crippen molar-refractivity contribution in [3.63, 3.8) is 0 Å². The van der Waals surface area contributed by atoms with Gasteiger partial charge >= 0.3 is 6.03 Å². The van der Waals surface area contributed by atoms with Crippen LogP contribution >= 0.6 is 0 Å². The molecule has 0 radical (unpaired) electrons. The molecule has 92 valence electrons. The minimum atomic E-state index is 0.00886. The van der Waals surface area contributed by atoms with Gasteiger partial charge in [0.25, 0.3) is 0 Å². The van der Waals surface area contributed by atoms with Crippen LogP contribution in [-0.2, 0) is 0 Å². The Bertz CT molecular complexity index is 240. The largest absolute Gasteiger partial charge is 0.338 e. The molecular weight excluding hydrogens is 202 g/mol. The van der Waals surface area contributed by atoms with E-state index in [4.69, 9.17) is 5.73 Å². The molecule has 2 unspecified atom stereocenters. The zero-order valence-corrected chi connectivity index (χ0v) is 9.87. The van der Waals surface area contributed by atoms with E-state index in [-0.39, 0.29) is 6.03 Å². The first-order valence-electron chi connectivity index (χ1n) is 6.52. The van der Waals surface area contributed by atoms with Crippen LogP contribution in [-0.4, -0.2) is 25.2 Å². The molecule has 0 aliphatic heterocycles. The molecule has 0 aromatic carbocycles. The lowest BCUT2D eigenvalue weighted by Crippen LogP contribution is -2.43. The fourth-order valence-electron chi connectivity index (χ4n) is 2.59. The highest BCUT2D eigenvalue weighted by Crippen LogP contribution is 2.25. The summed E-state index contributed by atoms with van der Waals surface area (Å²) < 4.78 is 0. The molecule has 2 fully saturated rings. The van der Waals surface area contributed by atoms with Crippen LogP contribution in [0.3, 0.4) is 0 Å². The molecule has 2 saturated carbocycles. The Morgan fingerprint density at radius 2 is 2.00 bits per heavy atom. The van der Waals surface area contributed by atoms with Gasteiger partial charge in [0.2, 0.25) is 0 Å². The summed E-state index contributed by atoms with van der Waals surface area (Å²) >= 11 is 0. The lowest BCUT2D eigenvalue weighted by atomic mass is 9.85. The van der Waals surface area contributed by atoms with E-state index in [9.17, 15) is 4.79 Å². The molecule has 4 N–H and O–H groups in total. The highest BCUT2D eigenvalue weighted by molar-refractivity contribution is 5.74. The summed E-state index contributed by atoms with van der Waals surface area (Å²) in [6.45, 7) is 1.60. The normalized spacial score (nSPS) is 29.8. The number of hydrogen-bond acceptors (Lipinski definition) is 2. The predicted molar refractivity (Wildman–Crippen MR) is 64.1 cm³/mol. The maximum Gasteiger partial charge on any atom is 0.315 e. The second-order valence-corrected chi connectivity index (χ2v) is 5.26. The van der Waals surface area contributed by atoms with Crippen LogP contribution < -0.4 is 16.4 Å². The maximum absolute atomic E-state index is 11.6. The van der Waals surface area contributed by atoms with Crippen molar-refractivity contribution >= 4 is 6.03 Å². The standard InChI is InChI=1S/C12H23N3O/c13-7-10-4-5-11(6-10)15-12(16)14-8-9-2-1-3-9/h9-11H,1-8,13H2,(H2,14,15,16). The van der Waals surface area contributed by atoms with E-state index < -0.39 is 0 Å². The van der Waals surface area contributed by atoms with Crippen molar-refractivity contribution in [1.29, 1.82) is 0 Å². The molecule has 2 aliphatic carbocycles. The van der Waals surface area contributed by atoms with E-state index in [1.807, 2.05) is 0 Å². The molecule has 0 aromatic rings. The van der Waals surface area contributed by atoms with E-state index in [2.05, 4.69) is 10.6 Å². The number of hydrogen-bond donors (Lipinski definition) is 3. The van der Waals surface area contributed by atoms with Gasteiger partial charge < -0.3 is 16.4 Å². The molecule has 0 saturated heterocycles. The van der Waals surface area contributed by atoms with Crippen molar-refractivity contribution in [2.75, 3.05) is 13.1 Å². The maximum atomic E-state index is 11.6. The summed E-state index contributed by atoms with van der Waals surface area (Å²) in [4.78, 5) is 11.6. The zero-order valence-electron chi connectivity index (χ0n) is 9.87. The zero-order chi connectivity index (χ0) is 11.4. The highest BCUT2D eigenvalue weighted by atomic mass is 16.2. The minimum absolute atomic E-state index is 0.00886. The molecule has 2 rings (SSSR count). The van der Waals surface area contributed by atoms with E-state index >= 15 is 0 Å². The fraction of sp³-hybridized carbons (Fsp3) is 0.917. The molecule has 4 nitrogen and oxygen atoms in total. The van der Waals surface area contributed by atoms with Crippen LogP contribution in [0.25, 0.3) is 0 Å². The van der Waals surface area contributed by atoms with Crippen molar-refractivity contribution < 1.29 is 4.79 Å². The van der Waals surface area contributed by atoms with Gasteiger partial charge in [-0.25, -0.2) is 4.79 Å². The van der Waals surface area contributed by atoms with Gasteiger partial charge in [0, 0.05) is 12.6 Å². The van der Waals surface area contributed by atoms with Crippen LogP contribution in [0.1, 0.15) is 38.5 Å². The van der Waals surface area contributed by atoms with Gasteiger partial charge in [0.05, 0.1) is 0 Å². The second-order valence-electron chi connectivity index (χ2n) is 5.26. The Labute approximate surface area is 97.3 Å². The summed E-state index contributed by atoms with van der Waals surface area (Å²) in [6, 6.07) is 0.351. The molecular formula is C12H23N3O. The third-order valence-electron chi connectivity index (χ3n) is 3.99. The SMILES string of the molecule is NCC1CCC(NC(=O)NCC2CCC2)C1. The minimum Gasteiger partial charge on any atom is -0.338 e.